The molecule has 0 N–H and O–H groups in total. The number of rotatable bonds is 1. The van der Waals surface area contributed by atoms with Crippen molar-refractivity contribution in [1.29, 1.82) is 0 Å². The highest BCUT2D eigenvalue weighted by Gasteiger charge is 2.04. The van der Waals surface area contributed by atoms with Crippen LogP contribution in [0, 0.1) is 0 Å². The van der Waals surface area contributed by atoms with Crippen molar-refractivity contribution in [2.45, 2.75) is 5.33 Å². The van der Waals surface area contributed by atoms with Crippen molar-refractivity contribution in [3.8, 4) is 0 Å². The second kappa shape index (κ2) is 4.01. The summed E-state index contributed by atoms with van der Waals surface area (Å²) in [6.07, 6.45) is 0. The first-order chi connectivity index (χ1) is 6.70. The SMILES string of the molecule is Clc1cc2nc(CBr)ccc2c(Cl)n1. The van der Waals surface area contributed by atoms with Gasteiger partial charge in [-0.2, -0.15) is 0 Å². The van der Waals surface area contributed by atoms with Crippen molar-refractivity contribution in [2.24, 2.45) is 0 Å². The van der Waals surface area contributed by atoms with E-state index in [9.17, 15) is 0 Å². The fourth-order valence-corrected chi connectivity index (χ4v) is 1.97. The Bertz CT molecular complexity index is 487. The molecule has 2 nitrogen and oxygen atoms in total. The maximum Gasteiger partial charge on any atom is 0.140 e. The Morgan fingerprint density at radius 1 is 1.21 bits per heavy atom. The smallest absolute Gasteiger partial charge is 0.140 e. The Morgan fingerprint density at radius 2 is 2.00 bits per heavy atom. The summed E-state index contributed by atoms with van der Waals surface area (Å²) in [4.78, 5) is 8.30. The average Bonchev–Trinajstić information content (AvgIpc) is 2.16. The zero-order chi connectivity index (χ0) is 10.1. The summed E-state index contributed by atoms with van der Waals surface area (Å²) in [6.45, 7) is 0. The van der Waals surface area contributed by atoms with Crippen LogP contribution in [0.25, 0.3) is 10.9 Å². The van der Waals surface area contributed by atoms with E-state index in [2.05, 4.69) is 25.9 Å². The van der Waals surface area contributed by atoms with Crippen LogP contribution in [0.15, 0.2) is 18.2 Å². The van der Waals surface area contributed by atoms with Gasteiger partial charge < -0.3 is 0 Å². The molecule has 0 bridgehead atoms. The zero-order valence-corrected chi connectivity index (χ0v) is 10.1. The van der Waals surface area contributed by atoms with Crippen molar-refractivity contribution in [1.82, 2.24) is 9.97 Å². The molecule has 2 aromatic heterocycles. The standard InChI is InChI=1S/C9H5BrCl2N2/c10-4-5-1-2-6-7(13-5)3-8(11)14-9(6)12/h1-3H,4H2. The van der Waals surface area contributed by atoms with Crippen LogP contribution < -0.4 is 0 Å². The van der Waals surface area contributed by atoms with Gasteiger partial charge in [0.05, 0.1) is 11.2 Å². The minimum Gasteiger partial charge on any atom is -0.252 e. The zero-order valence-electron chi connectivity index (χ0n) is 6.97. The van der Waals surface area contributed by atoms with E-state index in [4.69, 9.17) is 23.2 Å². The number of fused-ring (bicyclic) bond motifs is 1. The Balaban J connectivity index is 2.75. The molecule has 0 amide bonds. The highest BCUT2D eigenvalue weighted by molar-refractivity contribution is 9.08. The molecule has 2 heterocycles. The lowest BCUT2D eigenvalue weighted by molar-refractivity contribution is 1.22. The van der Waals surface area contributed by atoms with E-state index in [1.165, 1.54) is 0 Å². The topological polar surface area (TPSA) is 25.8 Å². The third-order valence-electron chi connectivity index (χ3n) is 1.80. The Hall–Kier alpha value is -0.380. The van der Waals surface area contributed by atoms with Gasteiger partial charge in [-0.3, -0.25) is 4.98 Å². The van der Waals surface area contributed by atoms with E-state index in [1.54, 1.807) is 6.07 Å². The molecule has 5 heteroatoms. The molecular weight excluding hydrogens is 287 g/mol. The highest BCUT2D eigenvalue weighted by Crippen LogP contribution is 2.23. The maximum absolute atomic E-state index is 5.91. The molecule has 2 rings (SSSR count). The van der Waals surface area contributed by atoms with Gasteiger partial charge in [0.15, 0.2) is 0 Å². The molecule has 14 heavy (non-hydrogen) atoms. The Labute approximate surface area is 99.4 Å². The van der Waals surface area contributed by atoms with E-state index in [-0.39, 0.29) is 0 Å². The molecule has 0 aromatic carbocycles. The number of hydrogen-bond donors (Lipinski definition) is 0. The van der Waals surface area contributed by atoms with Crippen molar-refractivity contribution in [2.75, 3.05) is 0 Å². The first-order valence-electron chi connectivity index (χ1n) is 3.88. The van der Waals surface area contributed by atoms with Gasteiger partial charge in [-0.05, 0) is 12.1 Å². The van der Waals surface area contributed by atoms with Crippen LogP contribution in [0.4, 0.5) is 0 Å². The van der Waals surface area contributed by atoms with Crippen LogP contribution in [0.5, 0.6) is 0 Å². The first kappa shape index (κ1) is 10.1. The number of hydrogen-bond acceptors (Lipinski definition) is 2. The summed E-state index contributed by atoms with van der Waals surface area (Å²) < 4.78 is 0. The Kier molecular flexibility index (Phi) is 2.91. The third kappa shape index (κ3) is 1.85. The molecule has 0 saturated heterocycles. The van der Waals surface area contributed by atoms with Gasteiger partial charge in [0.25, 0.3) is 0 Å². The lowest BCUT2D eigenvalue weighted by Crippen LogP contribution is -1.88. The monoisotopic (exact) mass is 290 g/mol. The maximum atomic E-state index is 5.91. The van der Waals surface area contributed by atoms with Crippen molar-refractivity contribution in [3.05, 3.63) is 34.2 Å². The molecule has 0 aliphatic carbocycles. The van der Waals surface area contributed by atoms with Crippen LogP contribution in [-0.2, 0) is 5.33 Å². The number of alkyl halides is 1. The van der Waals surface area contributed by atoms with Crippen LogP contribution in [0.3, 0.4) is 0 Å². The summed E-state index contributed by atoms with van der Waals surface area (Å²) in [6, 6.07) is 5.50. The number of pyridine rings is 2. The van der Waals surface area contributed by atoms with Gasteiger partial charge in [-0.15, -0.1) is 0 Å². The molecule has 0 atom stereocenters. The number of nitrogens with zero attached hydrogens (tertiary/aromatic N) is 2. The van der Waals surface area contributed by atoms with E-state index >= 15 is 0 Å². The summed E-state index contributed by atoms with van der Waals surface area (Å²) in [5, 5.41) is 2.28. The fraction of sp³-hybridized carbons (Fsp3) is 0.111. The first-order valence-corrected chi connectivity index (χ1v) is 5.76. The Morgan fingerprint density at radius 3 is 2.71 bits per heavy atom. The summed E-state index contributed by atoms with van der Waals surface area (Å²) in [5.41, 5.74) is 1.71. The summed E-state index contributed by atoms with van der Waals surface area (Å²) in [7, 11) is 0. The number of halogens is 3. The molecule has 0 spiro atoms. The van der Waals surface area contributed by atoms with E-state index in [0.29, 0.717) is 15.6 Å². The van der Waals surface area contributed by atoms with Crippen LogP contribution >= 0.6 is 39.1 Å². The predicted molar refractivity (Wildman–Crippen MR) is 62.2 cm³/mol. The van der Waals surface area contributed by atoms with E-state index in [0.717, 1.165) is 16.6 Å². The second-order valence-corrected chi connectivity index (χ2v) is 4.04. The normalized spacial score (nSPS) is 10.8. The lowest BCUT2D eigenvalue weighted by atomic mass is 10.2. The molecule has 2 aromatic rings. The average molecular weight is 292 g/mol. The molecule has 0 fully saturated rings. The summed E-state index contributed by atoms with van der Waals surface area (Å²) in [5.74, 6) is 0. The van der Waals surface area contributed by atoms with E-state index < -0.39 is 0 Å². The second-order valence-electron chi connectivity index (χ2n) is 2.74. The number of aromatic nitrogens is 2. The molecule has 0 aliphatic heterocycles. The van der Waals surface area contributed by atoms with Crippen molar-refractivity contribution < 1.29 is 0 Å². The lowest BCUT2D eigenvalue weighted by Gasteiger charge is -2.01. The minimum atomic E-state index is 0.363. The van der Waals surface area contributed by atoms with E-state index in [1.807, 2.05) is 12.1 Å². The quantitative estimate of drug-likeness (QED) is 0.589. The van der Waals surface area contributed by atoms with Crippen molar-refractivity contribution in [3.63, 3.8) is 0 Å². The van der Waals surface area contributed by atoms with Crippen LogP contribution in [0.2, 0.25) is 10.3 Å². The molecule has 0 radical (unpaired) electrons. The molecule has 0 saturated carbocycles. The molecule has 0 unspecified atom stereocenters. The van der Waals surface area contributed by atoms with Crippen LogP contribution in [-0.4, -0.2) is 9.97 Å². The highest BCUT2D eigenvalue weighted by atomic mass is 79.9. The fourth-order valence-electron chi connectivity index (χ4n) is 1.18. The predicted octanol–water partition coefficient (Wildman–Crippen LogP) is 3.83. The van der Waals surface area contributed by atoms with Gasteiger partial charge in [-0.1, -0.05) is 39.1 Å². The van der Waals surface area contributed by atoms with Crippen LogP contribution in [0.1, 0.15) is 5.69 Å². The third-order valence-corrected chi connectivity index (χ3v) is 2.86. The van der Waals surface area contributed by atoms with Gasteiger partial charge in [0.2, 0.25) is 0 Å². The van der Waals surface area contributed by atoms with Gasteiger partial charge in [-0.25, -0.2) is 4.98 Å². The molecule has 72 valence electrons. The molecular formula is C9H5BrCl2N2. The van der Waals surface area contributed by atoms with Gasteiger partial charge in [0.1, 0.15) is 10.3 Å². The van der Waals surface area contributed by atoms with Gasteiger partial charge >= 0.3 is 0 Å². The summed E-state index contributed by atoms with van der Waals surface area (Å²) >= 11 is 15.0. The van der Waals surface area contributed by atoms with Crippen molar-refractivity contribution >= 4 is 50.0 Å². The minimum absolute atomic E-state index is 0.363. The van der Waals surface area contributed by atoms with Gasteiger partial charge in [0, 0.05) is 16.8 Å². The molecule has 0 aliphatic rings. The largest absolute Gasteiger partial charge is 0.252 e.